The number of esters is 1. The van der Waals surface area contributed by atoms with Gasteiger partial charge in [-0.3, -0.25) is 0 Å². The number of ether oxygens (including phenoxy) is 2. The molecular formula is C15H16N2O3. The van der Waals surface area contributed by atoms with Gasteiger partial charge in [-0.1, -0.05) is 30.3 Å². The van der Waals surface area contributed by atoms with E-state index in [1.54, 1.807) is 25.4 Å². The maximum Gasteiger partial charge on any atom is 0.332 e. The predicted molar refractivity (Wildman–Crippen MR) is 75.6 cm³/mol. The predicted octanol–water partition coefficient (Wildman–Crippen LogP) is 2.42. The van der Waals surface area contributed by atoms with Crippen molar-refractivity contribution in [2.24, 2.45) is 0 Å². The summed E-state index contributed by atoms with van der Waals surface area (Å²) in [6.45, 7) is 0. The van der Waals surface area contributed by atoms with Crippen LogP contribution in [0, 0.1) is 0 Å². The van der Waals surface area contributed by atoms with Crippen LogP contribution in [-0.2, 0) is 9.53 Å². The summed E-state index contributed by atoms with van der Waals surface area (Å²) < 4.78 is 9.91. The first-order valence-corrected chi connectivity index (χ1v) is 6.14. The molecule has 5 heteroatoms. The van der Waals surface area contributed by atoms with Crippen molar-refractivity contribution in [2.45, 2.75) is 6.04 Å². The van der Waals surface area contributed by atoms with Crippen molar-refractivity contribution < 1.29 is 14.3 Å². The Morgan fingerprint density at radius 1 is 1.20 bits per heavy atom. The quantitative estimate of drug-likeness (QED) is 0.847. The highest BCUT2D eigenvalue weighted by atomic mass is 16.5. The van der Waals surface area contributed by atoms with Crippen LogP contribution in [0.15, 0.2) is 48.7 Å². The highest BCUT2D eigenvalue weighted by molar-refractivity contribution is 5.81. The molecule has 0 aliphatic heterocycles. The van der Waals surface area contributed by atoms with E-state index in [0.29, 0.717) is 5.88 Å². The van der Waals surface area contributed by atoms with Gasteiger partial charge in [-0.25, -0.2) is 9.78 Å². The molecule has 0 aliphatic rings. The summed E-state index contributed by atoms with van der Waals surface area (Å²) in [5.41, 5.74) is 1.56. The van der Waals surface area contributed by atoms with Crippen LogP contribution in [0.1, 0.15) is 11.6 Å². The number of carbonyl (C=O) groups excluding carboxylic acids is 1. The zero-order chi connectivity index (χ0) is 14.4. The molecule has 0 spiro atoms. The Kier molecular flexibility index (Phi) is 4.55. The molecule has 0 bridgehead atoms. The average Bonchev–Trinajstić information content (AvgIpc) is 2.53. The van der Waals surface area contributed by atoms with Gasteiger partial charge in [0.1, 0.15) is 0 Å². The van der Waals surface area contributed by atoms with Crippen molar-refractivity contribution in [3.8, 4) is 5.88 Å². The van der Waals surface area contributed by atoms with Crippen LogP contribution in [-0.4, -0.2) is 25.2 Å². The van der Waals surface area contributed by atoms with Gasteiger partial charge in [-0.15, -0.1) is 0 Å². The first-order valence-electron chi connectivity index (χ1n) is 6.14. The summed E-state index contributed by atoms with van der Waals surface area (Å²) in [6.07, 6.45) is 1.61. The van der Waals surface area contributed by atoms with Gasteiger partial charge in [0.25, 0.3) is 0 Å². The molecule has 0 radical (unpaired) electrons. The molecule has 0 fully saturated rings. The van der Waals surface area contributed by atoms with E-state index in [2.05, 4.69) is 10.3 Å². The zero-order valence-electron chi connectivity index (χ0n) is 11.4. The lowest BCUT2D eigenvalue weighted by Crippen LogP contribution is -2.22. The molecule has 20 heavy (non-hydrogen) atoms. The van der Waals surface area contributed by atoms with Crippen molar-refractivity contribution >= 4 is 11.7 Å². The summed E-state index contributed by atoms with van der Waals surface area (Å²) in [6, 6.07) is 12.3. The number of hydrogen-bond donors (Lipinski definition) is 1. The Bertz CT molecular complexity index is 572. The van der Waals surface area contributed by atoms with Gasteiger partial charge >= 0.3 is 5.97 Å². The monoisotopic (exact) mass is 272 g/mol. The second-order valence-corrected chi connectivity index (χ2v) is 4.10. The maximum atomic E-state index is 11.9. The molecule has 1 aromatic carbocycles. The minimum atomic E-state index is -0.576. The third kappa shape index (κ3) is 3.26. The van der Waals surface area contributed by atoms with Crippen molar-refractivity contribution in [1.29, 1.82) is 0 Å². The summed E-state index contributed by atoms with van der Waals surface area (Å²) in [5, 5.41) is 3.13. The fraction of sp³-hybridized carbons (Fsp3) is 0.200. The first-order chi connectivity index (χ1) is 9.74. The second-order valence-electron chi connectivity index (χ2n) is 4.10. The normalized spacial score (nSPS) is 11.5. The molecule has 0 amide bonds. The molecule has 1 aromatic heterocycles. The SMILES string of the molecule is COC(=O)C(Nc1ccnc(OC)c1)c1ccccc1. The molecule has 1 unspecified atom stereocenters. The highest BCUT2D eigenvalue weighted by Crippen LogP contribution is 2.22. The van der Waals surface area contributed by atoms with Crippen LogP contribution in [0.5, 0.6) is 5.88 Å². The second kappa shape index (κ2) is 6.56. The van der Waals surface area contributed by atoms with E-state index >= 15 is 0 Å². The fourth-order valence-electron chi connectivity index (χ4n) is 1.82. The third-order valence-corrected chi connectivity index (χ3v) is 2.82. The van der Waals surface area contributed by atoms with Gasteiger partial charge < -0.3 is 14.8 Å². The fourth-order valence-corrected chi connectivity index (χ4v) is 1.82. The number of anilines is 1. The number of carbonyl (C=O) groups is 1. The molecule has 5 nitrogen and oxygen atoms in total. The van der Waals surface area contributed by atoms with E-state index in [0.717, 1.165) is 11.3 Å². The maximum absolute atomic E-state index is 11.9. The molecular weight excluding hydrogens is 256 g/mol. The van der Waals surface area contributed by atoms with E-state index in [9.17, 15) is 4.79 Å². The molecule has 2 rings (SSSR count). The van der Waals surface area contributed by atoms with E-state index in [1.807, 2.05) is 30.3 Å². The average molecular weight is 272 g/mol. The van der Waals surface area contributed by atoms with E-state index in [1.165, 1.54) is 7.11 Å². The first kappa shape index (κ1) is 13.9. The minimum Gasteiger partial charge on any atom is -0.481 e. The molecule has 104 valence electrons. The van der Waals surface area contributed by atoms with Crippen molar-refractivity contribution in [3.05, 3.63) is 54.2 Å². The summed E-state index contributed by atoms with van der Waals surface area (Å²) in [7, 11) is 2.91. The van der Waals surface area contributed by atoms with E-state index in [4.69, 9.17) is 9.47 Å². The molecule has 0 aliphatic carbocycles. The lowest BCUT2D eigenvalue weighted by molar-refractivity contribution is -0.141. The number of hydrogen-bond acceptors (Lipinski definition) is 5. The van der Waals surface area contributed by atoms with Crippen LogP contribution in [0.3, 0.4) is 0 Å². The Hall–Kier alpha value is -2.56. The highest BCUT2D eigenvalue weighted by Gasteiger charge is 2.21. The van der Waals surface area contributed by atoms with Crippen LogP contribution in [0.2, 0.25) is 0 Å². The van der Waals surface area contributed by atoms with Crippen molar-refractivity contribution in [3.63, 3.8) is 0 Å². The topological polar surface area (TPSA) is 60.5 Å². The Morgan fingerprint density at radius 2 is 1.95 bits per heavy atom. The Balaban J connectivity index is 2.26. The summed E-state index contributed by atoms with van der Waals surface area (Å²) in [4.78, 5) is 16.0. The smallest absolute Gasteiger partial charge is 0.332 e. The molecule has 1 atom stereocenters. The van der Waals surface area contributed by atoms with Gasteiger partial charge in [-0.2, -0.15) is 0 Å². The standard InChI is InChI=1S/C15H16N2O3/c1-19-13-10-12(8-9-16-13)17-14(15(18)20-2)11-6-4-3-5-7-11/h3-10,14H,1-2H3,(H,16,17). The third-order valence-electron chi connectivity index (χ3n) is 2.82. The number of nitrogens with one attached hydrogen (secondary N) is 1. The van der Waals surface area contributed by atoms with Crippen LogP contribution in [0.4, 0.5) is 5.69 Å². The van der Waals surface area contributed by atoms with Crippen LogP contribution in [0.25, 0.3) is 0 Å². The van der Waals surface area contributed by atoms with Gasteiger partial charge in [0.15, 0.2) is 6.04 Å². The van der Waals surface area contributed by atoms with Crippen LogP contribution < -0.4 is 10.1 Å². The minimum absolute atomic E-state index is 0.355. The number of rotatable bonds is 5. The van der Waals surface area contributed by atoms with E-state index < -0.39 is 6.04 Å². The van der Waals surface area contributed by atoms with E-state index in [-0.39, 0.29) is 5.97 Å². The number of pyridine rings is 1. The summed E-state index contributed by atoms with van der Waals surface area (Å²) >= 11 is 0. The molecule has 0 saturated heterocycles. The number of methoxy groups -OCH3 is 2. The van der Waals surface area contributed by atoms with Gasteiger partial charge in [0.2, 0.25) is 5.88 Å². The summed E-state index contributed by atoms with van der Waals surface area (Å²) in [5.74, 6) is 0.124. The largest absolute Gasteiger partial charge is 0.481 e. The Morgan fingerprint density at radius 3 is 2.60 bits per heavy atom. The number of nitrogens with zero attached hydrogens (tertiary/aromatic N) is 1. The molecule has 2 aromatic rings. The molecule has 1 N–H and O–H groups in total. The van der Waals surface area contributed by atoms with Gasteiger partial charge in [0, 0.05) is 18.0 Å². The Labute approximate surface area is 117 Å². The van der Waals surface area contributed by atoms with Crippen LogP contribution >= 0.6 is 0 Å². The van der Waals surface area contributed by atoms with Gasteiger partial charge in [0.05, 0.1) is 14.2 Å². The number of aromatic nitrogens is 1. The zero-order valence-corrected chi connectivity index (χ0v) is 11.4. The number of benzene rings is 1. The molecule has 1 heterocycles. The van der Waals surface area contributed by atoms with Gasteiger partial charge in [-0.05, 0) is 11.6 Å². The van der Waals surface area contributed by atoms with Crippen molar-refractivity contribution in [1.82, 2.24) is 4.98 Å². The molecule has 0 saturated carbocycles. The van der Waals surface area contributed by atoms with Crippen molar-refractivity contribution in [2.75, 3.05) is 19.5 Å². The lowest BCUT2D eigenvalue weighted by Gasteiger charge is -2.18. The lowest BCUT2D eigenvalue weighted by atomic mass is 10.1.